The molecule has 5 heteroatoms. The lowest BCUT2D eigenvalue weighted by Crippen LogP contribution is -1.80. The fraction of sp³-hybridized carbons (Fsp3) is 0. The Balaban J connectivity index is 2.45. The highest BCUT2D eigenvalue weighted by Crippen LogP contribution is 2.17. The molecule has 0 spiro atoms. The first-order valence-corrected chi connectivity index (χ1v) is 3.34. The van der Waals surface area contributed by atoms with Crippen LogP contribution in [0, 0.1) is 0 Å². The number of aromatic nitrogens is 3. The van der Waals surface area contributed by atoms with Crippen molar-refractivity contribution in [2.24, 2.45) is 0 Å². The van der Waals surface area contributed by atoms with Crippen LogP contribution < -0.4 is 5.73 Å². The smallest absolute Gasteiger partial charge is 0.222 e. The van der Waals surface area contributed by atoms with Crippen molar-refractivity contribution >= 4 is 5.88 Å². The molecular formula is C7H6N4O. The molecule has 0 radical (unpaired) electrons. The quantitative estimate of drug-likeness (QED) is 0.668. The van der Waals surface area contributed by atoms with Gasteiger partial charge in [-0.1, -0.05) is 5.16 Å². The van der Waals surface area contributed by atoms with Crippen LogP contribution in [0.5, 0.6) is 0 Å². The van der Waals surface area contributed by atoms with E-state index in [1.54, 1.807) is 18.5 Å². The van der Waals surface area contributed by atoms with Gasteiger partial charge in [0.1, 0.15) is 12.0 Å². The number of hydrogen-bond donors (Lipinski definition) is 1. The molecule has 0 aromatic carbocycles. The van der Waals surface area contributed by atoms with Crippen LogP contribution in [-0.2, 0) is 0 Å². The van der Waals surface area contributed by atoms with Crippen molar-refractivity contribution in [2.75, 3.05) is 5.73 Å². The third-order valence-corrected chi connectivity index (χ3v) is 1.38. The minimum absolute atomic E-state index is 0.286. The second-order valence-corrected chi connectivity index (χ2v) is 2.24. The van der Waals surface area contributed by atoms with E-state index in [1.807, 2.05) is 0 Å². The summed E-state index contributed by atoms with van der Waals surface area (Å²) >= 11 is 0. The largest absolute Gasteiger partial charge is 0.368 e. The maximum atomic E-state index is 5.35. The second-order valence-electron chi connectivity index (χ2n) is 2.24. The molecule has 0 amide bonds. The Morgan fingerprint density at radius 3 is 2.58 bits per heavy atom. The average molecular weight is 162 g/mol. The molecule has 12 heavy (non-hydrogen) atoms. The van der Waals surface area contributed by atoms with Gasteiger partial charge in [-0.2, -0.15) is 0 Å². The highest BCUT2D eigenvalue weighted by Gasteiger charge is 2.02. The molecule has 2 N–H and O–H groups in total. The highest BCUT2D eigenvalue weighted by molar-refractivity contribution is 5.58. The van der Waals surface area contributed by atoms with E-state index in [2.05, 4.69) is 15.1 Å². The first-order valence-electron chi connectivity index (χ1n) is 3.34. The predicted molar refractivity (Wildman–Crippen MR) is 41.9 cm³/mol. The second kappa shape index (κ2) is 2.61. The Morgan fingerprint density at radius 1 is 1.25 bits per heavy atom. The number of nitrogens with two attached hydrogens (primary N) is 1. The van der Waals surface area contributed by atoms with Crippen molar-refractivity contribution in [3.8, 4) is 11.3 Å². The minimum atomic E-state index is 0.286. The van der Waals surface area contributed by atoms with Gasteiger partial charge in [0.25, 0.3) is 0 Å². The van der Waals surface area contributed by atoms with Gasteiger partial charge in [0.15, 0.2) is 0 Å². The van der Waals surface area contributed by atoms with Gasteiger partial charge in [-0.25, -0.2) is 9.97 Å². The van der Waals surface area contributed by atoms with Crippen molar-refractivity contribution in [3.05, 3.63) is 24.8 Å². The van der Waals surface area contributed by atoms with E-state index in [0.717, 1.165) is 5.56 Å². The molecule has 60 valence electrons. The molecule has 5 nitrogen and oxygen atoms in total. The summed E-state index contributed by atoms with van der Waals surface area (Å²) in [5.41, 5.74) is 6.78. The zero-order valence-electron chi connectivity index (χ0n) is 6.14. The molecule has 0 bridgehead atoms. The van der Waals surface area contributed by atoms with Crippen LogP contribution in [0.25, 0.3) is 11.3 Å². The normalized spacial score (nSPS) is 10.0. The summed E-state index contributed by atoms with van der Waals surface area (Å²) in [7, 11) is 0. The minimum Gasteiger partial charge on any atom is -0.368 e. The van der Waals surface area contributed by atoms with Gasteiger partial charge in [-0.05, 0) is 0 Å². The highest BCUT2D eigenvalue weighted by atomic mass is 16.5. The van der Waals surface area contributed by atoms with Crippen LogP contribution in [0.2, 0.25) is 0 Å². The summed E-state index contributed by atoms with van der Waals surface area (Å²) < 4.78 is 4.69. The van der Waals surface area contributed by atoms with E-state index in [1.165, 1.54) is 6.33 Å². The zero-order chi connectivity index (χ0) is 8.39. The monoisotopic (exact) mass is 162 g/mol. The fourth-order valence-electron chi connectivity index (χ4n) is 0.857. The summed E-state index contributed by atoms with van der Waals surface area (Å²) in [5, 5.41) is 3.71. The number of anilines is 1. The SMILES string of the molecule is Nc1cc(-c2cncnc2)no1. The number of hydrogen-bond acceptors (Lipinski definition) is 5. The lowest BCUT2D eigenvalue weighted by Gasteiger charge is -1.89. The summed E-state index contributed by atoms with van der Waals surface area (Å²) in [6, 6.07) is 1.62. The number of rotatable bonds is 1. The summed E-state index contributed by atoms with van der Waals surface area (Å²) in [5.74, 6) is 0.286. The van der Waals surface area contributed by atoms with Crippen LogP contribution in [0.1, 0.15) is 0 Å². The molecule has 2 aromatic heterocycles. The van der Waals surface area contributed by atoms with Crippen LogP contribution >= 0.6 is 0 Å². The third-order valence-electron chi connectivity index (χ3n) is 1.38. The van der Waals surface area contributed by atoms with Gasteiger partial charge in [-0.15, -0.1) is 0 Å². The molecule has 0 atom stereocenters. The van der Waals surface area contributed by atoms with E-state index >= 15 is 0 Å². The average Bonchev–Trinajstić information content (AvgIpc) is 2.54. The summed E-state index contributed by atoms with van der Waals surface area (Å²) in [4.78, 5) is 7.67. The Kier molecular flexibility index (Phi) is 1.48. The molecule has 0 saturated carbocycles. The number of nitrogens with zero attached hydrogens (tertiary/aromatic N) is 3. The third kappa shape index (κ3) is 1.12. The lowest BCUT2D eigenvalue weighted by atomic mass is 10.2. The Bertz CT molecular complexity index is 370. The Hall–Kier alpha value is -1.91. The molecule has 2 rings (SSSR count). The van der Waals surface area contributed by atoms with Crippen molar-refractivity contribution < 1.29 is 4.52 Å². The van der Waals surface area contributed by atoms with Crippen LogP contribution in [0.15, 0.2) is 29.3 Å². The molecular weight excluding hydrogens is 156 g/mol. The molecule has 0 fully saturated rings. The van der Waals surface area contributed by atoms with E-state index in [0.29, 0.717) is 5.69 Å². The zero-order valence-corrected chi connectivity index (χ0v) is 6.14. The van der Waals surface area contributed by atoms with Crippen LogP contribution in [0.3, 0.4) is 0 Å². The van der Waals surface area contributed by atoms with E-state index in [-0.39, 0.29) is 5.88 Å². The topological polar surface area (TPSA) is 77.8 Å². The molecule has 0 aliphatic heterocycles. The molecule has 2 aromatic rings. The molecule has 0 saturated heterocycles. The van der Waals surface area contributed by atoms with E-state index < -0.39 is 0 Å². The van der Waals surface area contributed by atoms with Crippen molar-refractivity contribution in [2.45, 2.75) is 0 Å². The van der Waals surface area contributed by atoms with Crippen molar-refractivity contribution in [3.63, 3.8) is 0 Å². The molecule has 0 unspecified atom stereocenters. The van der Waals surface area contributed by atoms with Crippen LogP contribution in [0.4, 0.5) is 5.88 Å². The standard InChI is InChI=1S/C7H6N4O/c8-7-1-6(11-12-7)5-2-9-4-10-3-5/h1-4H,8H2. The molecule has 0 aliphatic carbocycles. The van der Waals surface area contributed by atoms with Gasteiger partial charge < -0.3 is 10.3 Å². The van der Waals surface area contributed by atoms with E-state index in [4.69, 9.17) is 10.3 Å². The maximum Gasteiger partial charge on any atom is 0.222 e. The molecule has 0 aliphatic rings. The predicted octanol–water partition coefficient (Wildman–Crippen LogP) is 0.714. The van der Waals surface area contributed by atoms with Crippen molar-refractivity contribution in [1.82, 2.24) is 15.1 Å². The number of nitrogen functional groups attached to an aromatic ring is 1. The Labute approximate surface area is 68.2 Å². The van der Waals surface area contributed by atoms with Crippen LogP contribution in [-0.4, -0.2) is 15.1 Å². The first kappa shape index (κ1) is 6.78. The van der Waals surface area contributed by atoms with Gasteiger partial charge >= 0.3 is 0 Å². The van der Waals surface area contributed by atoms with Crippen molar-refractivity contribution in [1.29, 1.82) is 0 Å². The Morgan fingerprint density at radius 2 is 2.00 bits per heavy atom. The van der Waals surface area contributed by atoms with Gasteiger partial charge in [0, 0.05) is 24.0 Å². The maximum absolute atomic E-state index is 5.35. The van der Waals surface area contributed by atoms with Gasteiger partial charge in [0.05, 0.1) is 0 Å². The van der Waals surface area contributed by atoms with Gasteiger partial charge in [-0.3, -0.25) is 0 Å². The van der Waals surface area contributed by atoms with E-state index in [9.17, 15) is 0 Å². The lowest BCUT2D eigenvalue weighted by molar-refractivity contribution is 0.439. The van der Waals surface area contributed by atoms with Gasteiger partial charge in [0.2, 0.25) is 5.88 Å². The fourth-order valence-corrected chi connectivity index (χ4v) is 0.857. The summed E-state index contributed by atoms with van der Waals surface area (Å²) in [6.45, 7) is 0. The first-order chi connectivity index (χ1) is 5.86. The summed E-state index contributed by atoms with van der Waals surface area (Å²) in [6.07, 6.45) is 4.74. The molecule has 2 heterocycles.